The maximum Gasteiger partial charge on any atom is 0.238 e. The molecule has 0 aliphatic heterocycles. The van der Waals surface area contributed by atoms with Gasteiger partial charge in [0.1, 0.15) is 22.2 Å². The molecule has 0 atom stereocenters. The molecule has 10 nitrogen and oxygen atoms in total. The Hall–Kier alpha value is -16.0. The smallest absolute Gasteiger partial charge is 0.238 e. The molecule has 0 saturated carbocycles. The molecule has 0 N–H and O–H groups in total. The van der Waals surface area contributed by atoms with Crippen LogP contribution in [0.5, 0.6) is 0 Å². The van der Waals surface area contributed by atoms with E-state index in [2.05, 4.69) is 367 Å². The van der Waals surface area contributed by atoms with Crippen LogP contribution in [0.3, 0.4) is 0 Å². The zero-order chi connectivity index (χ0) is 78.0. The summed E-state index contributed by atoms with van der Waals surface area (Å²) in [6, 6.07) is 144. The Bertz CT molecular complexity index is 7760. The summed E-state index contributed by atoms with van der Waals surface area (Å²) in [5, 5.41) is 8.47. The van der Waals surface area contributed by atoms with Gasteiger partial charge in [-0.3, -0.25) is 9.13 Å². The van der Waals surface area contributed by atoms with Gasteiger partial charge >= 0.3 is 0 Å². The monoisotopic (exact) mass is 1510 g/mol. The van der Waals surface area contributed by atoms with Gasteiger partial charge in [0.05, 0.1) is 11.0 Å². The molecule has 23 aromatic rings. The molecule has 23 rings (SSSR count). The first-order valence-corrected chi connectivity index (χ1v) is 39.6. The fourth-order valence-electron chi connectivity index (χ4n) is 16.9. The van der Waals surface area contributed by atoms with E-state index >= 15 is 0 Å². The van der Waals surface area contributed by atoms with Crippen molar-refractivity contribution < 1.29 is 8.83 Å². The molecule has 552 valence electrons. The van der Waals surface area contributed by atoms with Crippen LogP contribution in [0.4, 0.5) is 0 Å². The molecule has 0 fully saturated rings. The maximum atomic E-state index is 7.08. The van der Waals surface area contributed by atoms with Crippen LogP contribution in [0.25, 0.3) is 223 Å². The summed E-state index contributed by atoms with van der Waals surface area (Å²) in [5.41, 5.74) is 26.5. The minimum atomic E-state index is 0.513. The standard InChI is InChI=1S/C57H36N4O.C51H32N4O/c1-4-15-37(16-5-1)39-27-29-41(30-28-39)55-58-56(44-22-14-21-42(35-44)38-17-6-2-7-18-38)60-57(59-55)61-51-26-13-12-25-47(51)49-33-34-50-48-32-31-43(36-52(48)62-54(50)53(49)61)46-24-11-10-23-45(46)40-19-8-3-9-20-40;1-4-14-33(15-5-1)35-26-28-37(29-27-35)50-52-49(36-18-8-3-9-19-36)53-51(54-50)55-45-25-11-10-22-41(45)42-30-31-44-43-24-13-23-40(47(43)56-48(44)46(42)55)39-21-12-20-38(32-39)34-16-6-2-7-17-34/h1-36H;1-32H. The molecular formula is C108H68N8O2. The van der Waals surface area contributed by atoms with E-state index in [1.165, 1.54) is 16.7 Å². The normalized spacial score (nSPS) is 11.6. The zero-order valence-corrected chi connectivity index (χ0v) is 63.7. The Morgan fingerprint density at radius 2 is 0.466 bits per heavy atom. The first kappa shape index (κ1) is 68.7. The predicted octanol–water partition coefficient (Wildman–Crippen LogP) is 28.1. The molecule has 118 heavy (non-hydrogen) atoms. The summed E-state index contributed by atoms with van der Waals surface area (Å²) in [4.78, 5) is 31.3. The van der Waals surface area contributed by atoms with Crippen LogP contribution in [0.15, 0.2) is 421 Å². The summed E-state index contributed by atoms with van der Waals surface area (Å²) in [6.07, 6.45) is 0. The van der Waals surface area contributed by atoms with Crippen molar-refractivity contribution in [2.45, 2.75) is 0 Å². The Labute approximate surface area is 678 Å². The average molecular weight is 1510 g/mol. The summed E-state index contributed by atoms with van der Waals surface area (Å²) in [6.45, 7) is 0. The van der Waals surface area contributed by atoms with Crippen LogP contribution in [-0.2, 0) is 0 Å². The molecular weight excluding hydrogens is 1440 g/mol. The largest absolute Gasteiger partial charge is 0.454 e. The number of benzene rings is 17. The molecule has 10 heteroatoms. The molecule has 0 amide bonds. The van der Waals surface area contributed by atoms with Crippen LogP contribution in [0, 0.1) is 0 Å². The lowest BCUT2D eigenvalue weighted by molar-refractivity contribution is 0.670. The highest BCUT2D eigenvalue weighted by Gasteiger charge is 2.27. The molecule has 17 aromatic carbocycles. The molecule has 0 unspecified atom stereocenters. The van der Waals surface area contributed by atoms with Gasteiger partial charge in [0.25, 0.3) is 0 Å². The van der Waals surface area contributed by atoms with Crippen LogP contribution >= 0.6 is 0 Å². The lowest BCUT2D eigenvalue weighted by Gasteiger charge is -2.12. The highest BCUT2D eigenvalue weighted by atomic mass is 16.3. The number of rotatable bonds is 13. The zero-order valence-electron chi connectivity index (χ0n) is 63.7. The van der Waals surface area contributed by atoms with Crippen LogP contribution in [0.1, 0.15) is 0 Å². The molecule has 6 aromatic heterocycles. The number of nitrogens with zero attached hydrogens (tertiary/aromatic N) is 8. The molecule has 0 aliphatic carbocycles. The van der Waals surface area contributed by atoms with E-state index in [4.69, 9.17) is 38.7 Å². The van der Waals surface area contributed by atoms with E-state index in [1.807, 2.05) is 54.6 Å². The van der Waals surface area contributed by atoms with Gasteiger partial charge in [0.15, 0.2) is 34.5 Å². The second-order valence-electron chi connectivity index (χ2n) is 29.6. The van der Waals surface area contributed by atoms with E-state index in [0.29, 0.717) is 35.2 Å². The lowest BCUT2D eigenvalue weighted by Crippen LogP contribution is -2.06. The highest BCUT2D eigenvalue weighted by molar-refractivity contribution is 6.24. The SMILES string of the molecule is c1ccc(-c2ccc(-c3nc(-c4cccc(-c5ccccc5)c4)nc(-n4c5ccccc5c5ccc6c7ccc(-c8ccccc8-c8ccccc8)cc7oc6c54)n3)cc2)cc1.c1ccc(-c2ccc(-c3nc(-c4ccccc4)nc(-n4c5ccccc5c5ccc6c7cccc(-c8cccc(-c9ccccc9)c8)c7oc6c54)n3)cc2)cc1. The van der Waals surface area contributed by atoms with E-state index in [-0.39, 0.29) is 0 Å². The predicted molar refractivity (Wildman–Crippen MR) is 483 cm³/mol. The van der Waals surface area contributed by atoms with Crippen molar-refractivity contribution in [3.05, 3.63) is 413 Å². The summed E-state index contributed by atoms with van der Waals surface area (Å²) >= 11 is 0. The van der Waals surface area contributed by atoms with Crippen molar-refractivity contribution in [1.29, 1.82) is 0 Å². The summed E-state index contributed by atoms with van der Waals surface area (Å²) in [7, 11) is 0. The minimum absolute atomic E-state index is 0.513. The molecule has 0 radical (unpaired) electrons. The summed E-state index contributed by atoms with van der Waals surface area (Å²) in [5.74, 6) is 3.39. The highest BCUT2D eigenvalue weighted by Crippen LogP contribution is 2.46. The van der Waals surface area contributed by atoms with Gasteiger partial charge in [-0.1, -0.05) is 364 Å². The van der Waals surface area contributed by atoms with Crippen molar-refractivity contribution in [1.82, 2.24) is 39.0 Å². The molecule has 6 heterocycles. The third-order valence-corrected chi connectivity index (χ3v) is 22.6. The number of hydrogen-bond acceptors (Lipinski definition) is 8. The Kier molecular flexibility index (Phi) is 17.0. The quantitative estimate of drug-likeness (QED) is 0.112. The van der Waals surface area contributed by atoms with E-state index in [9.17, 15) is 0 Å². The van der Waals surface area contributed by atoms with Crippen LogP contribution in [0.2, 0.25) is 0 Å². The molecule has 0 bridgehead atoms. The first-order valence-electron chi connectivity index (χ1n) is 39.6. The fraction of sp³-hybridized carbons (Fsp3) is 0. The van der Waals surface area contributed by atoms with Gasteiger partial charge in [-0.2, -0.15) is 19.9 Å². The Morgan fingerprint density at radius 1 is 0.169 bits per heavy atom. The van der Waals surface area contributed by atoms with E-state index < -0.39 is 0 Å². The lowest BCUT2D eigenvalue weighted by atomic mass is 9.94. The van der Waals surface area contributed by atoms with Gasteiger partial charge in [-0.25, -0.2) is 9.97 Å². The van der Waals surface area contributed by atoms with E-state index in [1.54, 1.807) is 0 Å². The van der Waals surface area contributed by atoms with E-state index in [0.717, 1.165) is 171 Å². The fourth-order valence-corrected chi connectivity index (χ4v) is 16.9. The second-order valence-corrected chi connectivity index (χ2v) is 29.6. The third kappa shape index (κ3) is 12.3. The topological polar surface area (TPSA) is 113 Å². The van der Waals surface area contributed by atoms with Crippen molar-refractivity contribution in [3.63, 3.8) is 0 Å². The molecule has 0 saturated heterocycles. The number of hydrogen-bond donors (Lipinski definition) is 0. The van der Waals surface area contributed by atoms with Crippen LogP contribution < -0.4 is 0 Å². The average Bonchev–Trinajstić information content (AvgIpc) is 1.56. The molecule has 0 spiro atoms. The number of aromatic nitrogens is 8. The van der Waals surface area contributed by atoms with Gasteiger partial charge in [0.2, 0.25) is 11.9 Å². The second kappa shape index (κ2) is 29.2. The van der Waals surface area contributed by atoms with Gasteiger partial charge in [-0.15, -0.1) is 0 Å². The number of fused-ring (bicyclic) bond motifs is 14. The number of para-hydroxylation sites is 3. The Balaban J connectivity index is 0.000000143. The van der Waals surface area contributed by atoms with Crippen molar-refractivity contribution in [2.24, 2.45) is 0 Å². The first-order chi connectivity index (χ1) is 58.5. The Morgan fingerprint density at radius 3 is 0.975 bits per heavy atom. The third-order valence-electron chi connectivity index (χ3n) is 22.6. The van der Waals surface area contributed by atoms with Gasteiger partial charge < -0.3 is 8.83 Å². The van der Waals surface area contributed by atoms with Gasteiger partial charge in [-0.05, 0) is 121 Å². The van der Waals surface area contributed by atoms with Crippen molar-refractivity contribution in [3.8, 4) is 135 Å². The van der Waals surface area contributed by atoms with Crippen molar-refractivity contribution >= 4 is 87.5 Å². The maximum absolute atomic E-state index is 7.08. The van der Waals surface area contributed by atoms with Gasteiger partial charge in [0, 0.05) is 70.9 Å². The van der Waals surface area contributed by atoms with Crippen LogP contribution in [-0.4, -0.2) is 39.0 Å². The molecule has 0 aliphatic rings. The van der Waals surface area contributed by atoms with Crippen molar-refractivity contribution in [2.75, 3.05) is 0 Å². The minimum Gasteiger partial charge on any atom is -0.454 e. The summed E-state index contributed by atoms with van der Waals surface area (Å²) < 4.78 is 18.4. The number of furan rings is 2.